The highest BCUT2D eigenvalue weighted by Gasteiger charge is 2.13. The van der Waals surface area contributed by atoms with Gasteiger partial charge in [-0.1, -0.05) is 11.6 Å². The molecule has 0 unspecified atom stereocenters. The number of benzene rings is 1. The van der Waals surface area contributed by atoms with Crippen molar-refractivity contribution in [2.24, 2.45) is 0 Å². The van der Waals surface area contributed by atoms with E-state index in [1.165, 1.54) is 0 Å². The fourth-order valence-corrected chi connectivity index (χ4v) is 2.08. The minimum atomic E-state index is -0.657. The van der Waals surface area contributed by atoms with E-state index >= 15 is 0 Å². The minimum Gasteiger partial charge on any atom is -0.322 e. The van der Waals surface area contributed by atoms with Crippen LogP contribution in [0.15, 0.2) is 35.3 Å². The summed E-state index contributed by atoms with van der Waals surface area (Å²) in [7, 11) is 0. The number of carbonyl (C=O) groups is 1. The molecule has 0 aliphatic rings. The molecule has 0 atom stereocenters. The molecule has 21 heavy (non-hydrogen) atoms. The van der Waals surface area contributed by atoms with Crippen molar-refractivity contribution in [3.8, 4) is 0 Å². The Balaban J connectivity index is 1.92. The Morgan fingerprint density at radius 2 is 2.00 bits per heavy atom. The van der Waals surface area contributed by atoms with E-state index in [4.69, 9.17) is 11.6 Å². The number of amides is 1. The SMILES string of the molecule is O=C(Nc1ccc2[nH]c(=O)[nH]c2c1)c1cc(F)cnc1Cl. The minimum absolute atomic E-state index is 0.0701. The van der Waals surface area contributed by atoms with Crippen molar-refractivity contribution in [2.45, 2.75) is 0 Å². The topological polar surface area (TPSA) is 90.6 Å². The third kappa shape index (κ3) is 2.63. The Kier molecular flexibility index (Phi) is 3.19. The summed E-state index contributed by atoms with van der Waals surface area (Å²) in [6.45, 7) is 0. The molecule has 0 radical (unpaired) electrons. The van der Waals surface area contributed by atoms with E-state index in [1.807, 2.05) is 0 Å². The highest BCUT2D eigenvalue weighted by Crippen LogP contribution is 2.18. The van der Waals surface area contributed by atoms with Crippen LogP contribution in [0.4, 0.5) is 10.1 Å². The maximum atomic E-state index is 13.1. The van der Waals surface area contributed by atoms with Crippen LogP contribution in [0, 0.1) is 5.82 Å². The predicted molar refractivity (Wildman–Crippen MR) is 76.1 cm³/mol. The molecule has 2 heterocycles. The number of aromatic nitrogens is 3. The first-order valence-corrected chi connectivity index (χ1v) is 6.25. The molecule has 0 aliphatic carbocycles. The number of imidazole rings is 1. The molecule has 106 valence electrons. The number of anilines is 1. The lowest BCUT2D eigenvalue weighted by atomic mass is 10.2. The number of rotatable bonds is 2. The summed E-state index contributed by atoms with van der Waals surface area (Å²) in [5.41, 5.74) is 1.18. The Hall–Kier alpha value is -2.67. The number of hydrogen-bond donors (Lipinski definition) is 3. The van der Waals surface area contributed by atoms with Crippen LogP contribution < -0.4 is 11.0 Å². The van der Waals surface area contributed by atoms with Gasteiger partial charge in [-0.2, -0.15) is 0 Å². The monoisotopic (exact) mass is 306 g/mol. The molecule has 0 spiro atoms. The van der Waals surface area contributed by atoms with Crippen molar-refractivity contribution in [2.75, 3.05) is 5.32 Å². The summed E-state index contributed by atoms with van der Waals surface area (Å²) in [5, 5.41) is 2.47. The number of hydrogen-bond acceptors (Lipinski definition) is 3. The summed E-state index contributed by atoms with van der Waals surface area (Å²) in [5.74, 6) is -1.25. The maximum Gasteiger partial charge on any atom is 0.323 e. The van der Waals surface area contributed by atoms with E-state index < -0.39 is 11.7 Å². The molecule has 3 aromatic rings. The highest BCUT2D eigenvalue weighted by molar-refractivity contribution is 6.33. The lowest BCUT2D eigenvalue weighted by molar-refractivity contribution is 0.102. The van der Waals surface area contributed by atoms with E-state index in [2.05, 4.69) is 20.3 Å². The van der Waals surface area contributed by atoms with Crippen LogP contribution in [0.3, 0.4) is 0 Å². The number of fused-ring (bicyclic) bond motifs is 1. The Morgan fingerprint density at radius 3 is 2.81 bits per heavy atom. The first kappa shape index (κ1) is 13.3. The van der Waals surface area contributed by atoms with Gasteiger partial charge in [0.25, 0.3) is 5.91 Å². The molecule has 1 aromatic carbocycles. The Morgan fingerprint density at radius 1 is 1.24 bits per heavy atom. The van der Waals surface area contributed by atoms with Gasteiger partial charge in [-0.3, -0.25) is 4.79 Å². The lowest BCUT2D eigenvalue weighted by Crippen LogP contribution is -2.13. The first-order chi connectivity index (χ1) is 10.0. The van der Waals surface area contributed by atoms with Gasteiger partial charge in [0.2, 0.25) is 0 Å². The van der Waals surface area contributed by atoms with Crippen molar-refractivity contribution in [1.29, 1.82) is 0 Å². The van der Waals surface area contributed by atoms with Crippen LogP contribution in [0.5, 0.6) is 0 Å². The van der Waals surface area contributed by atoms with E-state index in [0.29, 0.717) is 16.7 Å². The smallest absolute Gasteiger partial charge is 0.322 e. The zero-order chi connectivity index (χ0) is 15.0. The predicted octanol–water partition coefficient (Wildman–Crippen LogP) is 2.30. The van der Waals surface area contributed by atoms with Crippen LogP contribution >= 0.6 is 11.6 Å². The second kappa shape index (κ2) is 5.02. The van der Waals surface area contributed by atoms with Crippen LogP contribution in [0.25, 0.3) is 11.0 Å². The van der Waals surface area contributed by atoms with Gasteiger partial charge in [0, 0.05) is 5.69 Å². The van der Waals surface area contributed by atoms with E-state index in [1.54, 1.807) is 18.2 Å². The van der Waals surface area contributed by atoms with Crippen LogP contribution in [0.1, 0.15) is 10.4 Å². The molecule has 3 N–H and O–H groups in total. The maximum absolute atomic E-state index is 13.1. The van der Waals surface area contributed by atoms with Gasteiger partial charge < -0.3 is 15.3 Å². The molecule has 0 aliphatic heterocycles. The van der Waals surface area contributed by atoms with Gasteiger partial charge in [0.05, 0.1) is 22.8 Å². The molecule has 0 saturated heterocycles. The molecule has 0 fully saturated rings. The average molecular weight is 307 g/mol. The van der Waals surface area contributed by atoms with Gasteiger partial charge in [0.15, 0.2) is 0 Å². The van der Waals surface area contributed by atoms with Crippen molar-refractivity contribution < 1.29 is 9.18 Å². The first-order valence-electron chi connectivity index (χ1n) is 5.87. The molecule has 6 nitrogen and oxygen atoms in total. The third-order valence-electron chi connectivity index (χ3n) is 2.82. The van der Waals surface area contributed by atoms with E-state index in [9.17, 15) is 14.0 Å². The van der Waals surface area contributed by atoms with Crippen molar-refractivity contribution in [3.05, 3.63) is 57.5 Å². The molecule has 2 aromatic heterocycles. The summed E-state index contributed by atoms with van der Waals surface area (Å²) < 4.78 is 13.1. The van der Waals surface area contributed by atoms with Crippen LogP contribution in [-0.4, -0.2) is 20.9 Å². The number of H-pyrrole nitrogens is 2. The molecular formula is C13H8ClFN4O2. The summed E-state index contributed by atoms with van der Waals surface area (Å²) in [6, 6.07) is 5.81. The molecule has 3 rings (SSSR count). The number of halogens is 2. The highest BCUT2D eigenvalue weighted by atomic mass is 35.5. The normalized spacial score (nSPS) is 10.8. The van der Waals surface area contributed by atoms with Gasteiger partial charge in [-0.25, -0.2) is 14.2 Å². The summed E-state index contributed by atoms with van der Waals surface area (Å²) in [6.07, 6.45) is 0.926. The van der Waals surface area contributed by atoms with Crippen molar-refractivity contribution in [3.63, 3.8) is 0 Å². The molecular weight excluding hydrogens is 299 g/mol. The standard InChI is InChI=1S/C13H8ClFN4O2/c14-11-8(3-6(15)5-16-11)12(20)17-7-1-2-9-10(4-7)19-13(21)18-9/h1-5H,(H,17,20)(H2,18,19,21). The molecule has 0 saturated carbocycles. The van der Waals surface area contributed by atoms with Crippen LogP contribution in [0.2, 0.25) is 5.15 Å². The summed E-state index contributed by atoms with van der Waals surface area (Å²) >= 11 is 5.76. The van der Waals surface area contributed by atoms with Crippen molar-refractivity contribution in [1.82, 2.24) is 15.0 Å². The van der Waals surface area contributed by atoms with E-state index in [-0.39, 0.29) is 16.4 Å². The third-order valence-corrected chi connectivity index (χ3v) is 3.13. The zero-order valence-electron chi connectivity index (χ0n) is 10.4. The number of nitrogens with one attached hydrogen (secondary N) is 3. The van der Waals surface area contributed by atoms with Gasteiger partial charge in [-0.05, 0) is 24.3 Å². The largest absolute Gasteiger partial charge is 0.323 e. The fourth-order valence-electron chi connectivity index (χ4n) is 1.89. The number of pyridine rings is 1. The number of carbonyl (C=O) groups excluding carboxylic acids is 1. The zero-order valence-corrected chi connectivity index (χ0v) is 11.2. The Bertz CT molecular complexity index is 903. The fraction of sp³-hybridized carbons (Fsp3) is 0. The van der Waals surface area contributed by atoms with Crippen molar-refractivity contribution >= 4 is 34.2 Å². The van der Waals surface area contributed by atoms with Gasteiger partial charge in [-0.15, -0.1) is 0 Å². The number of nitrogens with zero attached hydrogens (tertiary/aromatic N) is 1. The van der Waals surface area contributed by atoms with E-state index in [0.717, 1.165) is 12.3 Å². The number of aromatic amines is 2. The van der Waals surface area contributed by atoms with Gasteiger partial charge >= 0.3 is 5.69 Å². The summed E-state index contributed by atoms with van der Waals surface area (Å²) in [4.78, 5) is 31.9. The quantitative estimate of drug-likeness (QED) is 0.634. The molecule has 8 heteroatoms. The molecule has 1 amide bonds. The molecule has 0 bridgehead atoms. The second-order valence-corrected chi connectivity index (χ2v) is 4.64. The van der Waals surface area contributed by atoms with Gasteiger partial charge in [0.1, 0.15) is 11.0 Å². The Labute approximate surface area is 122 Å². The lowest BCUT2D eigenvalue weighted by Gasteiger charge is -2.06. The average Bonchev–Trinajstić information content (AvgIpc) is 2.80. The van der Waals surface area contributed by atoms with Crippen LogP contribution in [-0.2, 0) is 0 Å². The second-order valence-electron chi connectivity index (χ2n) is 4.29.